The zero-order valence-electron chi connectivity index (χ0n) is 15.0. The molecule has 8 heteroatoms. The van der Waals surface area contributed by atoms with Crippen LogP contribution in [0, 0.1) is 0 Å². The quantitative estimate of drug-likeness (QED) is 0.662. The van der Waals surface area contributed by atoms with Crippen molar-refractivity contribution in [2.45, 2.75) is 37.8 Å². The van der Waals surface area contributed by atoms with Crippen molar-refractivity contribution in [2.24, 2.45) is 0 Å². The SMILES string of the molecule is CCN(c1ccc(NC(=O)CSc2nnc(CSC)o2)cc1)C(C)C. The summed E-state index contributed by atoms with van der Waals surface area (Å²) in [6.07, 6.45) is 1.97. The molecular weight excluding hydrogens is 356 g/mol. The highest BCUT2D eigenvalue weighted by Crippen LogP contribution is 2.21. The molecule has 6 nitrogen and oxygen atoms in total. The summed E-state index contributed by atoms with van der Waals surface area (Å²) in [4.78, 5) is 14.4. The molecule has 0 radical (unpaired) electrons. The molecule has 1 aromatic heterocycles. The van der Waals surface area contributed by atoms with Crippen molar-refractivity contribution in [3.63, 3.8) is 0 Å². The molecule has 0 fully saturated rings. The smallest absolute Gasteiger partial charge is 0.277 e. The van der Waals surface area contributed by atoms with Gasteiger partial charge in [-0.2, -0.15) is 11.8 Å². The van der Waals surface area contributed by atoms with Gasteiger partial charge in [-0.05, 0) is 51.3 Å². The normalized spacial score (nSPS) is 10.9. The number of nitrogens with zero attached hydrogens (tertiary/aromatic N) is 3. The molecule has 0 unspecified atom stereocenters. The summed E-state index contributed by atoms with van der Waals surface area (Å²) in [5, 5.41) is 11.1. The van der Waals surface area contributed by atoms with E-state index in [1.807, 2.05) is 30.5 Å². The molecule has 0 aliphatic heterocycles. The van der Waals surface area contributed by atoms with Crippen LogP contribution in [-0.2, 0) is 10.5 Å². The van der Waals surface area contributed by atoms with Gasteiger partial charge in [-0.1, -0.05) is 11.8 Å². The number of hydrogen-bond donors (Lipinski definition) is 1. The lowest BCUT2D eigenvalue weighted by atomic mass is 10.2. The van der Waals surface area contributed by atoms with Crippen LogP contribution in [-0.4, -0.2) is 40.7 Å². The van der Waals surface area contributed by atoms with Crippen LogP contribution >= 0.6 is 23.5 Å². The van der Waals surface area contributed by atoms with Crippen molar-refractivity contribution in [3.05, 3.63) is 30.2 Å². The molecule has 2 aromatic rings. The molecule has 1 N–H and O–H groups in total. The van der Waals surface area contributed by atoms with Gasteiger partial charge in [0, 0.05) is 24.0 Å². The Morgan fingerprint density at radius 3 is 2.60 bits per heavy atom. The van der Waals surface area contributed by atoms with E-state index in [0.29, 0.717) is 22.9 Å². The molecular formula is C17H24N4O2S2. The van der Waals surface area contributed by atoms with Gasteiger partial charge in [0.25, 0.3) is 5.22 Å². The van der Waals surface area contributed by atoms with Gasteiger partial charge in [0.15, 0.2) is 0 Å². The summed E-state index contributed by atoms with van der Waals surface area (Å²) in [6, 6.07) is 8.34. The van der Waals surface area contributed by atoms with Crippen molar-refractivity contribution < 1.29 is 9.21 Å². The standard InChI is InChI=1S/C17H24N4O2S2/c1-5-21(12(2)3)14-8-6-13(7-9-14)18-15(22)10-25-17-20-19-16(23-17)11-24-4/h6-9,12H,5,10-11H2,1-4H3,(H,18,22). The van der Waals surface area contributed by atoms with Gasteiger partial charge in [0.05, 0.1) is 11.5 Å². The van der Waals surface area contributed by atoms with Gasteiger partial charge in [-0.3, -0.25) is 4.79 Å². The molecule has 0 spiro atoms. The average Bonchev–Trinajstić information content (AvgIpc) is 3.03. The Kier molecular flexibility index (Phi) is 7.64. The van der Waals surface area contributed by atoms with Gasteiger partial charge >= 0.3 is 0 Å². The van der Waals surface area contributed by atoms with E-state index in [1.54, 1.807) is 11.8 Å². The number of carbonyl (C=O) groups is 1. The van der Waals surface area contributed by atoms with E-state index in [1.165, 1.54) is 11.8 Å². The molecule has 25 heavy (non-hydrogen) atoms. The van der Waals surface area contributed by atoms with Crippen LogP contribution < -0.4 is 10.2 Å². The largest absolute Gasteiger partial charge is 0.415 e. The summed E-state index contributed by atoms with van der Waals surface area (Å²) in [7, 11) is 0. The molecule has 1 aromatic carbocycles. The number of hydrogen-bond acceptors (Lipinski definition) is 7. The third-order valence-corrected chi connectivity index (χ3v) is 4.84. The first kappa shape index (κ1) is 19.7. The van der Waals surface area contributed by atoms with Crippen molar-refractivity contribution in [2.75, 3.05) is 28.8 Å². The maximum atomic E-state index is 12.1. The Hall–Kier alpha value is -1.67. The second-order valence-electron chi connectivity index (χ2n) is 5.66. The van der Waals surface area contributed by atoms with Crippen LogP contribution in [0.25, 0.3) is 0 Å². The van der Waals surface area contributed by atoms with E-state index >= 15 is 0 Å². The molecule has 0 atom stereocenters. The van der Waals surface area contributed by atoms with Crippen molar-refractivity contribution >= 4 is 40.8 Å². The minimum absolute atomic E-state index is 0.0985. The number of nitrogens with one attached hydrogen (secondary N) is 1. The van der Waals surface area contributed by atoms with Crippen LogP contribution in [0.1, 0.15) is 26.7 Å². The van der Waals surface area contributed by atoms with Crippen LogP contribution in [0.2, 0.25) is 0 Å². The molecule has 1 amide bonds. The van der Waals surface area contributed by atoms with Gasteiger partial charge in [0.2, 0.25) is 11.8 Å². The maximum Gasteiger partial charge on any atom is 0.277 e. The third-order valence-electron chi connectivity index (χ3n) is 3.49. The number of amides is 1. The molecule has 0 aliphatic rings. The number of rotatable bonds is 9. The number of carbonyl (C=O) groups excluding carboxylic acids is 1. The van der Waals surface area contributed by atoms with Crippen molar-refractivity contribution in [3.8, 4) is 0 Å². The third kappa shape index (κ3) is 5.97. The van der Waals surface area contributed by atoms with Gasteiger partial charge in [-0.25, -0.2) is 0 Å². The predicted molar refractivity (Wildman–Crippen MR) is 105 cm³/mol. The lowest BCUT2D eigenvalue weighted by Crippen LogP contribution is -2.30. The maximum absolute atomic E-state index is 12.1. The summed E-state index contributed by atoms with van der Waals surface area (Å²) in [5.74, 6) is 1.39. The zero-order chi connectivity index (χ0) is 18.2. The monoisotopic (exact) mass is 380 g/mol. The average molecular weight is 381 g/mol. The fourth-order valence-electron chi connectivity index (χ4n) is 2.38. The Labute approximate surface area is 157 Å². The van der Waals surface area contributed by atoms with Crippen LogP contribution in [0.4, 0.5) is 11.4 Å². The fourth-order valence-corrected chi connectivity index (χ4v) is 3.33. The Morgan fingerprint density at radius 1 is 1.28 bits per heavy atom. The second-order valence-corrected chi connectivity index (χ2v) is 7.45. The number of thioether (sulfide) groups is 2. The lowest BCUT2D eigenvalue weighted by Gasteiger charge is -2.27. The number of benzene rings is 1. The lowest BCUT2D eigenvalue weighted by molar-refractivity contribution is -0.113. The predicted octanol–water partition coefficient (Wildman–Crippen LogP) is 3.90. The number of anilines is 2. The zero-order valence-corrected chi connectivity index (χ0v) is 16.6. The van der Waals surface area contributed by atoms with E-state index in [-0.39, 0.29) is 11.7 Å². The van der Waals surface area contributed by atoms with Gasteiger partial charge < -0.3 is 14.6 Å². The Bertz CT molecular complexity index is 674. The highest BCUT2D eigenvalue weighted by Gasteiger charge is 2.11. The number of aromatic nitrogens is 2. The highest BCUT2D eigenvalue weighted by molar-refractivity contribution is 7.99. The van der Waals surface area contributed by atoms with E-state index in [4.69, 9.17) is 4.42 Å². The first-order chi connectivity index (χ1) is 12.0. The van der Waals surface area contributed by atoms with E-state index in [2.05, 4.69) is 41.2 Å². The van der Waals surface area contributed by atoms with Crippen LogP contribution in [0.15, 0.2) is 33.9 Å². The first-order valence-electron chi connectivity index (χ1n) is 8.14. The van der Waals surface area contributed by atoms with Crippen molar-refractivity contribution in [1.29, 1.82) is 0 Å². The second kappa shape index (κ2) is 9.72. The molecule has 0 saturated heterocycles. The summed E-state index contributed by atoms with van der Waals surface area (Å²) in [5.41, 5.74) is 1.93. The van der Waals surface area contributed by atoms with Gasteiger partial charge in [-0.15, -0.1) is 10.2 Å². The van der Waals surface area contributed by atoms with Crippen LogP contribution in [0.3, 0.4) is 0 Å². The minimum atomic E-state index is -0.0985. The van der Waals surface area contributed by atoms with E-state index < -0.39 is 0 Å². The Morgan fingerprint density at radius 2 is 2.00 bits per heavy atom. The molecule has 2 rings (SSSR count). The van der Waals surface area contributed by atoms with Gasteiger partial charge in [0.1, 0.15) is 0 Å². The molecule has 136 valence electrons. The van der Waals surface area contributed by atoms with E-state index in [9.17, 15) is 4.79 Å². The summed E-state index contributed by atoms with van der Waals surface area (Å²) >= 11 is 2.85. The van der Waals surface area contributed by atoms with E-state index in [0.717, 1.165) is 17.9 Å². The highest BCUT2D eigenvalue weighted by atomic mass is 32.2. The van der Waals surface area contributed by atoms with Crippen LogP contribution in [0.5, 0.6) is 0 Å². The summed E-state index contributed by atoms with van der Waals surface area (Å²) in [6.45, 7) is 7.41. The molecule has 0 bridgehead atoms. The Balaban J connectivity index is 1.85. The molecule has 0 aliphatic carbocycles. The van der Waals surface area contributed by atoms with Crippen molar-refractivity contribution in [1.82, 2.24) is 10.2 Å². The summed E-state index contributed by atoms with van der Waals surface area (Å²) < 4.78 is 5.44. The topological polar surface area (TPSA) is 71.3 Å². The fraction of sp³-hybridized carbons (Fsp3) is 0.471. The first-order valence-corrected chi connectivity index (χ1v) is 10.5. The molecule has 1 heterocycles. The molecule has 0 saturated carbocycles. The minimum Gasteiger partial charge on any atom is -0.415 e.